The highest BCUT2D eigenvalue weighted by atomic mass is 19.1. The van der Waals surface area contributed by atoms with E-state index >= 15 is 0 Å². The molecule has 10 heteroatoms. The van der Waals surface area contributed by atoms with Crippen molar-refractivity contribution in [3.63, 3.8) is 0 Å². The molecule has 0 radical (unpaired) electrons. The van der Waals surface area contributed by atoms with Gasteiger partial charge in [-0.05, 0) is 24.1 Å². The third-order valence-corrected chi connectivity index (χ3v) is 5.00. The molecule has 2 heterocycles. The largest absolute Gasteiger partial charge is 0.469 e. The molecule has 2 amide bonds. The summed E-state index contributed by atoms with van der Waals surface area (Å²) in [6.07, 6.45) is 2.02. The van der Waals surface area contributed by atoms with E-state index in [1.807, 2.05) is 0 Å². The molecule has 3 rings (SSSR count). The highest BCUT2D eigenvalue weighted by Gasteiger charge is 2.36. The van der Waals surface area contributed by atoms with Gasteiger partial charge in [0.2, 0.25) is 0 Å². The van der Waals surface area contributed by atoms with Crippen molar-refractivity contribution in [3.8, 4) is 0 Å². The number of halogens is 1. The second-order valence-electron chi connectivity index (χ2n) is 6.81. The van der Waals surface area contributed by atoms with E-state index in [1.165, 1.54) is 37.6 Å². The molecule has 0 unspecified atom stereocenters. The Morgan fingerprint density at radius 1 is 1.33 bits per heavy atom. The lowest BCUT2D eigenvalue weighted by atomic mass is 9.96. The minimum atomic E-state index is -1.03. The quantitative estimate of drug-likeness (QED) is 0.691. The number of H-pyrrole nitrogens is 1. The van der Waals surface area contributed by atoms with E-state index in [2.05, 4.69) is 20.0 Å². The fourth-order valence-electron chi connectivity index (χ4n) is 3.50. The summed E-state index contributed by atoms with van der Waals surface area (Å²) in [5.41, 5.74) is 2.04. The van der Waals surface area contributed by atoms with E-state index < -0.39 is 35.9 Å². The average molecular weight is 418 g/mol. The second kappa shape index (κ2) is 9.38. The summed E-state index contributed by atoms with van der Waals surface area (Å²) < 4.78 is 23.2. The molecule has 0 bridgehead atoms. The van der Waals surface area contributed by atoms with E-state index in [1.54, 1.807) is 12.1 Å². The lowest BCUT2D eigenvalue weighted by Crippen LogP contribution is -2.51. The number of amides is 2. The topological polar surface area (TPSA) is 114 Å². The van der Waals surface area contributed by atoms with Gasteiger partial charge in [0.15, 0.2) is 0 Å². The number of nitrogens with zero attached hydrogens (tertiary/aromatic N) is 2. The maximum atomic E-state index is 13.9. The van der Waals surface area contributed by atoms with E-state index in [0.29, 0.717) is 24.2 Å². The van der Waals surface area contributed by atoms with Crippen LogP contribution in [0.15, 0.2) is 30.6 Å². The number of carbonyl (C=O) groups excluding carboxylic acids is 3. The van der Waals surface area contributed by atoms with Crippen LogP contribution in [-0.4, -0.2) is 59.6 Å². The Morgan fingerprint density at radius 3 is 2.83 bits per heavy atom. The predicted octanol–water partition coefficient (Wildman–Crippen LogP) is 1.70. The summed E-state index contributed by atoms with van der Waals surface area (Å²) in [5, 5.41) is 2.63. The van der Waals surface area contributed by atoms with Gasteiger partial charge < -0.3 is 24.7 Å². The summed E-state index contributed by atoms with van der Waals surface area (Å²) >= 11 is 0. The standard InChI is InChI=1S/C20H23FN4O5/c1-29-16(26)7-6-15(19(27)30-2)24-20(28)25-9-8-14-17(23-11-22-14)18(25)12-4-3-5-13(21)10-12/h3-5,10-11,15,18H,6-9H2,1-2H3,(H,22,23)(H,24,28)/t15-,18-/m1/s1. The number of nitrogens with one attached hydrogen (secondary N) is 2. The summed E-state index contributed by atoms with van der Waals surface area (Å²) in [5.74, 6) is -1.61. The minimum Gasteiger partial charge on any atom is -0.469 e. The maximum absolute atomic E-state index is 13.9. The zero-order chi connectivity index (χ0) is 21.7. The number of hydrogen-bond acceptors (Lipinski definition) is 6. The number of rotatable bonds is 6. The van der Waals surface area contributed by atoms with Crippen LogP contribution >= 0.6 is 0 Å². The Balaban J connectivity index is 1.85. The summed E-state index contributed by atoms with van der Waals surface area (Å²) in [6.45, 7) is 0.326. The number of methoxy groups -OCH3 is 2. The first-order valence-corrected chi connectivity index (χ1v) is 9.44. The maximum Gasteiger partial charge on any atom is 0.328 e. The number of fused-ring (bicyclic) bond motifs is 1. The Morgan fingerprint density at radius 2 is 2.13 bits per heavy atom. The number of hydrogen-bond donors (Lipinski definition) is 2. The van der Waals surface area contributed by atoms with Gasteiger partial charge in [0.05, 0.1) is 26.2 Å². The van der Waals surface area contributed by atoms with E-state index in [9.17, 15) is 18.8 Å². The molecule has 160 valence electrons. The van der Waals surface area contributed by atoms with Crippen LogP contribution in [0, 0.1) is 5.82 Å². The van der Waals surface area contributed by atoms with Crippen LogP contribution in [0.5, 0.6) is 0 Å². The fourth-order valence-corrected chi connectivity index (χ4v) is 3.50. The van der Waals surface area contributed by atoms with Crippen molar-refractivity contribution in [2.45, 2.75) is 31.3 Å². The van der Waals surface area contributed by atoms with Crippen molar-refractivity contribution >= 4 is 18.0 Å². The predicted molar refractivity (Wildman–Crippen MR) is 103 cm³/mol. The molecule has 2 N–H and O–H groups in total. The van der Waals surface area contributed by atoms with Gasteiger partial charge in [0.25, 0.3) is 0 Å². The number of carbonyl (C=O) groups is 3. The van der Waals surface area contributed by atoms with Crippen molar-refractivity contribution in [1.82, 2.24) is 20.2 Å². The van der Waals surface area contributed by atoms with Crippen molar-refractivity contribution in [1.29, 1.82) is 0 Å². The van der Waals surface area contributed by atoms with Crippen LogP contribution in [0.3, 0.4) is 0 Å². The van der Waals surface area contributed by atoms with Crippen LogP contribution in [0.1, 0.15) is 35.8 Å². The zero-order valence-electron chi connectivity index (χ0n) is 16.7. The highest BCUT2D eigenvalue weighted by Crippen LogP contribution is 2.33. The molecule has 0 saturated carbocycles. The van der Waals surface area contributed by atoms with Gasteiger partial charge in [-0.25, -0.2) is 19.0 Å². The Kier molecular flexibility index (Phi) is 6.65. The van der Waals surface area contributed by atoms with Crippen LogP contribution in [0.25, 0.3) is 0 Å². The molecule has 30 heavy (non-hydrogen) atoms. The first-order valence-electron chi connectivity index (χ1n) is 9.44. The molecule has 9 nitrogen and oxygen atoms in total. The first-order chi connectivity index (χ1) is 14.4. The monoisotopic (exact) mass is 418 g/mol. The Labute approximate surface area is 172 Å². The van der Waals surface area contributed by atoms with E-state index in [-0.39, 0.29) is 12.8 Å². The van der Waals surface area contributed by atoms with Gasteiger partial charge in [0, 0.05) is 25.1 Å². The van der Waals surface area contributed by atoms with Crippen LogP contribution in [-0.2, 0) is 25.5 Å². The smallest absolute Gasteiger partial charge is 0.328 e. The van der Waals surface area contributed by atoms with Gasteiger partial charge in [-0.1, -0.05) is 12.1 Å². The van der Waals surface area contributed by atoms with Crippen molar-refractivity contribution in [2.75, 3.05) is 20.8 Å². The molecule has 1 aromatic heterocycles. The number of benzene rings is 1. The summed E-state index contributed by atoms with van der Waals surface area (Å²) in [4.78, 5) is 45.5. The molecule has 2 atom stereocenters. The normalized spacial score (nSPS) is 16.4. The molecule has 1 aliphatic rings. The van der Waals surface area contributed by atoms with Crippen LogP contribution in [0.2, 0.25) is 0 Å². The Hall–Kier alpha value is -3.43. The van der Waals surface area contributed by atoms with Gasteiger partial charge in [-0.2, -0.15) is 0 Å². The Bertz CT molecular complexity index is 931. The number of esters is 2. The highest BCUT2D eigenvalue weighted by molar-refractivity contribution is 5.84. The molecular weight excluding hydrogens is 395 g/mol. The molecule has 0 fully saturated rings. The van der Waals surface area contributed by atoms with Crippen molar-refractivity contribution in [3.05, 3.63) is 53.4 Å². The lowest BCUT2D eigenvalue weighted by Gasteiger charge is -2.36. The van der Waals surface area contributed by atoms with E-state index in [4.69, 9.17) is 4.74 Å². The second-order valence-corrected chi connectivity index (χ2v) is 6.81. The molecule has 1 aliphatic heterocycles. The minimum absolute atomic E-state index is 0.0250. The number of ether oxygens (including phenoxy) is 2. The van der Waals surface area contributed by atoms with Crippen molar-refractivity contribution in [2.24, 2.45) is 0 Å². The van der Waals surface area contributed by atoms with Crippen LogP contribution in [0.4, 0.5) is 9.18 Å². The molecule has 2 aromatic rings. The van der Waals surface area contributed by atoms with E-state index in [0.717, 1.165) is 5.69 Å². The summed E-state index contributed by atoms with van der Waals surface area (Å²) in [6, 6.07) is 3.75. The molecular formula is C20H23FN4O5. The van der Waals surface area contributed by atoms with Gasteiger partial charge in [0.1, 0.15) is 17.9 Å². The third kappa shape index (κ3) is 4.58. The number of imidazole rings is 1. The number of urea groups is 1. The van der Waals surface area contributed by atoms with Gasteiger partial charge in [-0.3, -0.25) is 4.79 Å². The average Bonchev–Trinajstić information content (AvgIpc) is 3.23. The number of aromatic nitrogens is 2. The fraction of sp³-hybridized carbons (Fsp3) is 0.400. The van der Waals surface area contributed by atoms with Crippen LogP contribution < -0.4 is 5.32 Å². The molecule has 0 spiro atoms. The molecule has 0 saturated heterocycles. The van der Waals surface area contributed by atoms with Crippen molar-refractivity contribution < 1.29 is 28.2 Å². The first kappa shape index (κ1) is 21.3. The lowest BCUT2D eigenvalue weighted by molar-refractivity contribution is -0.144. The summed E-state index contributed by atoms with van der Waals surface area (Å²) in [7, 11) is 2.44. The third-order valence-electron chi connectivity index (χ3n) is 5.00. The number of aromatic amines is 1. The SMILES string of the molecule is COC(=O)CC[C@@H](NC(=O)N1CCc2[nH]cnc2[C@H]1c1cccc(F)c1)C(=O)OC. The van der Waals surface area contributed by atoms with Gasteiger partial charge in [-0.15, -0.1) is 0 Å². The molecule has 0 aliphatic carbocycles. The molecule has 1 aromatic carbocycles. The zero-order valence-corrected chi connectivity index (χ0v) is 16.7. The van der Waals surface area contributed by atoms with Gasteiger partial charge >= 0.3 is 18.0 Å².